The zero-order valence-corrected chi connectivity index (χ0v) is 11.6. The van der Waals surface area contributed by atoms with E-state index in [1.165, 1.54) is 32.1 Å². The Morgan fingerprint density at radius 3 is 2.79 bits per heavy atom. The summed E-state index contributed by atoms with van der Waals surface area (Å²) >= 11 is 0. The van der Waals surface area contributed by atoms with E-state index in [9.17, 15) is 9.90 Å². The van der Waals surface area contributed by atoms with Crippen LogP contribution in [-0.2, 0) is 6.54 Å². The summed E-state index contributed by atoms with van der Waals surface area (Å²) in [7, 11) is 0. The molecule has 0 amide bonds. The molecule has 0 spiro atoms. The molecule has 1 aromatic carbocycles. The molecule has 1 saturated carbocycles. The van der Waals surface area contributed by atoms with E-state index >= 15 is 0 Å². The van der Waals surface area contributed by atoms with Crippen LogP contribution in [-0.4, -0.2) is 17.1 Å². The highest BCUT2D eigenvalue weighted by Gasteiger charge is 2.23. The Morgan fingerprint density at radius 2 is 2.05 bits per heavy atom. The number of carboxylic acids is 1. The highest BCUT2D eigenvalue weighted by molar-refractivity contribution is 5.89. The monoisotopic (exact) mass is 261 g/mol. The molecule has 2 unspecified atom stereocenters. The summed E-state index contributed by atoms with van der Waals surface area (Å²) < 4.78 is 0. The minimum absolute atomic E-state index is 0.416. The zero-order valence-electron chi connectivity index (χ0n) is 11.6. The van der Waals surface area contributed by atoms with Crippen LogP contribution in [0, 0.1) is 5.92 Å². The third kappa shape index (κ3) is 3.57. The molecule has 1 aliphatic rings. The quantitative estimate of drug-likeness (QED) is 0.853. The number of aromatic carboxylic acids is 1. The number of hydrogen-bond acceptors (Lipinski definition) is 2. The van der Waals surface area contributed by atoms with Crippen LogP contribution in [0.2, 0.25) is 0 Å². The molecule has 0 radical (unpaired) electrons. The number of rotatable bonds is 5. The van der Waals surface area contributed by atoms with Crippen LogP contribution in [0.5, 0.6) is 0 Å². The summed E-state index contributed by atoms with van der Waals surface area (Å²) in [5.74, 6) is -0.0983. The summed E-state index contributed by atoms with van der Waals surface area (Å²) in [6.07, 6.45) is 6.35. The third-order valence-electron chi connectivity index (χ3n) is 4.24. The standard InChI is InChI=1S/C16H23NO2/c1-2-12-7-4-6-10-15(12)17-11-13-8-3-5-9-14(13)16(18)19/h3,5,8-9,12,15,17H,2,4,6-7,10-11H2,1H3,(H,18,19). The van der Waals surface area contributed by atoms with Gasteiger partial charge in [-0.15, -0.1) is 0 Å². The minimum Gasteiger partial charge on any atom is -0.478 e. The van der Waals surface area contributed by atoms with Crippen LogP contribution in [0.4, 0.5) is 0 Å². The molecule has 19 heavy (non-hydrogen) atoms. The van der Waals surface area contributed by atoms with Gasteiger partial charge in [0.2, 0.25) is 0 Å². The molecule has 104 valence electrons. The predicted molar refractivity (Wildman–Crippen MR) is 76.3 cm³/mol. The van der Waals surface area contributed by atoms with E-state index < -0.39 is 5.97 Å². The molecule has 3 nitrogen and oxygen atoms in total. The summed E-state index contributed by atoms with van der Waals surface area (Å²) in [5.41, 5.74) is 1.30. The predicted octanol–water partition coefficient (Wildman–Crippen LogP) is 3.44. The smallest absolute Gasteiger partial charge is 0.336 e. The Hall–Kier alpha value is -1.35. The fourth-order valence-corrected chi connectivity index (χ4v) is 3.09. The molecule has 0 bridgehead atoms. The second-order valence-corrected chi connectivity index (χ2v) is 5.40. The van der Waals surface area contributed by atoms with Crippen LogP contribution in [0.1, 0.15) is 54.9 Å². The molecule has 0 aromatic heterocycles. The van der Waals surface area contributed by atoms with Crippen molar-refractivity contribution in [3.05, 3.63) is 35.4 Å². The van der Waals surface area contributed by atoms with Crippen molar-refractivity contribution < 1.29 is 9.90 Å². The second-order valence-electron chi connectivity index (χ2n) is 5.40. The first-order chi connectivity index (χ1) is 9.22. The fraction of sp³-hybridized carbons (Fsp3) is 0.562. The maximum absolute atomic E-state index is 11.2. The number of carbonyl (C=O) groups is 1. The maximum Gasteiger partial charge on any atom is 0.336 e. The van der Waals surface area contributed by atoms with Crippen molar-refractivity contribution in [3.8, 4) is 0 Å². The van der Waals surface area contributed by atoms with Crippen LogP contribution < -0.4 is 5.32 Å². The largest absolute Gasteiger partial charge is 0.478 e. The molecule has 1 aliphatic carbocycles. The summed E-state index contributed by atoms with van der Waals surface area (Å²) in [6, 6.07) is 7.81. The van der Waals surface area contributed by atoms with Crippen LogP contribution in [0.3, 0.4) is 0 Å². The first-order valence-corrected chi connectivity index (χ1v) is 7.27. The van der Waals surface area contributed by atoms with Crippen molar-refractivity contribution in [1.82, 2.24) is 5.32 Å². The Morgan fingerprint density at radius 1 is 1.32 bits per heavy atom. The first kappa shape index (κ1) is 14.1. The molecule has 2 rings (SSSR count). The Balaban J connectivity index is 2.00. The fourth-order valence-electron chi connectivity index (χ4n) is 3.09. The molecule has 3 heteroatoms. The van der Waals surface area contributed by atoms with Gasteiger partial charge in [-0.2, -0.15) is 0 Å². The van der Waals surface area contributed by atoms with E-state index in [1.54, 1.807) is 12.1 Å². The van der Waals surface area contributed by atoms with Gasteiger partial charge < -0.3 is 10.4 Å². The molecule has 2 N–H and O–H groups in total. The van der Waals surface area contributed by atoms with Gasteiger partial charge in [0, 0.05) is 12.6 Å². The lowest BCUT2D eigenvalue weighted by atomic mass is 9.83. The van der Waals surface area contributed by atoms with Crippen molar-refractivity contribution in [2.75, 3.05) is 0 Å². The Labute approximate surface area is 115 Å². The van der Waals surface area contributed by atoms with Gasteiger partial charge in [0.25, 0.3) is 0 Å². The molecule has 0 saturated heterocycles. The molecule has 2 atom stereocenters. The Kier molecular flexibility index (Phi) is 4.97. The molecule has 0 aliphatic heterocycles. The average Bonchev–Trinajstić information content (AvgIpc) is 2.45. The van der Waals surface area contributed by atoms with Crippen molar-refractivity contribution in [3.63, 3.8) is 0 Å². The van der Waals surface area contributed by atoms with E-state index in [0.717, 1.165) is 11.5 Å². The van der Waals surface area contributed by atoms with E-state index in [-0.39, 0.29) is 0 Å². The normalized spacial score (nSPS) is 23.2. The lowest BCUT2D eigenvalue weighted by Crippen LogP contribution is -2.38. The first-order valence-electron chi connectivity index (χ1n) is 7.27. The van der Waals surface area contributed by atoms with E-state index in [2.05, 4.69) is 12.2 Å². The van der Waals surface area contributed by atoms with Gasteiger partial charge >= 0.3 is 5.97 Å². The lowest BCUT2D eigenvalue weighted by molar-refractivity contribution is 0.0695. The van der Waals surface area contributed by atoms with Crippen LogP contribution in [0.25, 0.3) is 0 Å². The van der Waals surface area contributed by atoms with E-state index in [4.69, 9.17) is 0 Å². The number of hydrogen-bond donors (Lipinski definition) is 2. The van der Waals surface area contributed by atoms with Gasteiger partial charge in [-0.1, -0.05) is 44.4 Å². The average molecular weight is 261 g/mol. The number of nitrogens with one attached hydrogen (secondary N) is 1. The van der Waals surface area contributed by atoms with Gasteiger partial charge in [0.1, 0.15) is 0 Å². The summed E-state index contributed by atoms with van der Waals surface area (Å²) in [5, 5.41) is 12.7. The molecule has 1 aromatic rings. The zero-order chi connectivity index (χ0) is 13.7. The number of carboxylic acid groups (broad SMARTS) is 1. The van der Waals surface area contributed by atoms with Crippen molar-refractivity contribution in [2.45, 2.75) is 51.6 Å². The van der Waals surface area contributed by atoms with Crippen molar-refractivity contribution >= 4 is 5.97 Å². The number of benzene rings is 1. The van der Waals surface area contributed by atoms with E-state index in [1.807, 2.05) is 12.1 Å². The Bertz CT molecular complexity index is 431. The van der Waals surface area contributed by atoms with Crippen molar-refractivity contribution in [2.24, 2.45) is 5.92 Å². The molecule has 0 heterocycles. The van der Waals surface area contributed by atoms with Gasteiger partial charge in [0.15, 0.2) is 0 Å². The molecular formula is C16H23NO2. The van der Waals surface area contributed by atoms with Gasteiger partial charge in [0.05, 0.1) is 5.56 Å². The lowest BCUT2D eigenvalue weighted by Gasteiger charge is -2.31. The molecule has 1 fully saturated rings. The van der Waals surface area contributed by atoms with Gasteiger partial charge in [-0.25, -0.2) is 4.79 Å². The van der Waals surface area contributed by atoms with Gasteiger partial charge in [-0.3, -0.25) is 0 Å². The maximum atomic E-state index is 11.2. The van der Waals surface area contributed by atoms with Crippen LogP contribution >= 0.6 is 0 Å². The third-order valence-corrected chi connectivity index (χ3v) is 4.24. The van der Waals surface area contributed by atoms with E-state index in [0.29, 0.717) is 18.2 Å². The summed E-state index contributed by atoms with van der Waals surface area (Å²) in [4.78, 5) is 11.2. The minimum atomic E-state index is -0.840. The van der Waals surface area contributed by atoms with Crippen LogP contribution in [0.15, 0.2) is 24.3 Å². The highest BCUT2D eigenvalue weighted by Crippen LogP contribution is 2.27. The SMILES string of the molecule is CCC1CCCCC1NCc1ccccc1C(=O)O. The summed E-state index contributed by atoms with van der Waals surface area (Å²) in [6.45, 7) is 2.90. The van der Waals surface area contributed by atoms with Gasteiger partial charge in [-0.05, 0) is 30.4 Å². The van der Waals surface area contributed by atoms with Crippen molar-refractivity contribution in [1.29, 1.82) is 0 Å². The highest BCUT2D eigenvalue weighted by atomic mass is 16.4. The topological polar surface area (TPSA) is 49.3 Å². The second kappa shape index (κ2) is 6.71. The molecular weight excluding hydrogens is 238 g/mol.